The molecule has 0 bridgehead atoms. The summed E-state index contributed by atoms with van der Waals surface area (Å²) in [5.41, 5.74) is 0. The van der Waals surface area contributed by atoms with Gasteiger partial charge in [-0.15, -0.1) is 0 Å². The number of hydrogen-bond acceptors (Lipinski definition) is 13. The number of hydrogen-bond donors (Lipinski definition) is 2. The number of carbonyl (C=O) groups is 5. The summed E-state index contributed by atoms with van der Waals surface area (Å²) in [6.07, 6.45) is 0.477. The number of nitrogens with one attached hydrogen (secondary N) is 2. The zero-order valence-electron chi connectivity index (χ0n) is 21.5. The first-order chi connectivity index (χ1) is 18.9. The van der Waals surface area contributed by atoms with E-state index in [0.29, 0.717) is 11.6 Å². The van der Waals surface area contributed by atoms with Crippen LogP contribution >= 0.6 is 0 Å². The van der Waals surface area contributed by atoms with E-state index in [9.17, 15) is 44.2 Å². The van der Waals surface area contributed by atoms with Crippen molar-refractivity contribution in [1.29, 1.82) is 0 Å². The second-order valence-corrected chi connectivity index (χ2v) is 8.01. The van der Waals surface area contributed by atoms with E-state index in [1.54, 1.807) is 13.8 Å². The van der Waals surface area contributed by atoms with E-state index in [4.69, 9.17) is 9.47 Å². The second-order valence-electron chi connectivity index (χ2n) is 8.01. The van der Waals surface area contributed by atoms with Crippen molar-refractivity contribution in [3.8, 4) is 0 Å². The number of amides is 4. The maximum Gasteiger partial charge on any atom is 0.342 e. The van der Waals surface area contributed by atoms with E-state index in [1.165, 1.54) is 9.13 Å². The number of nitro groups is 2. The number of aromatic nitrogens is 4. The molecule has 0 fully saturated rings. The van der Waals surface area contributed by atoms with Crippen molar-refractivity contribution in [2.45, 2.75) is 52.6 Å². The highest BCUT2D eigenvalue weighted by Gasteiger charge is 2.20. The molecule has 0 unspecified atom stereocenters. The Balaban J connectivity index is 1.60. The number of urea groups is 1. The van der Waals surface area contributed by atoms with E-state index >= 15 is 0 Å². The van der Waals surface area contributed by atoms with Gasteiger partial charge in [-0.25, -0.2) is 23.9 Å². The Morgan fingerprint density at radius 2 is 1.12 bits per heavy atom. The number of nitrogens with zero attached hydrogens (tertiary/aromatic N) is 6. The summed E-state index contributed by atoms with van der Waals surface area (Å²) in [7, 11) is 0. The molecule has 40 heavy (non-hydrogen) atoms. The monoisotopic (exact) mass is 566 g/mol. The summed E-state index contributed by atoms with van der Waals surface area (Å²) in [4.78, 5) is 87.3. The van der Waals surface area contributed by atoms with Crippen LogP contribution in [0.5, 0.6) is 0 Å². The Labute approximate surface area is 225 Å². The number of imide groups is 2. The first kappa shape index (κ1) is 31.0. The summed E-state index contributed by atoms with van der Waals surface area (Å²) in [6.45, 7) is 2.63. The van der Waals surface area contributed by atoms with Gasteiger partial charge in [0, 0.05) is 26.7 Å². The minimum atomic E-state index is -1.16. The van der Waals surface area contributed by atoms with Gasteiger partial charge in [0.25, 0.3) is 0 Å². The molecule has 0 aliphatic rings. The predicted octanol–water partition coefficient (Wildman–Crippen LogP) is 0.212. The molecule has 2 heterocycles. The van der Waals surface area contributed by atoms with Gasteiger partial charge in [-0.2, -0.15) is 0 Å². The summed E-state index contributed by atoms with van der Waals surface area (Å²) < 4.78 is 12.3. The van der Waals surface area contributed by atoms with Crippen molar-refractivity contribution in [2.75, 3.05) is 13.2 Å². The third-order valence-corrected chi connectivity index (χ3v) is 5.22. The number of esters is 2. The molecule has 0 aromatic carbocycles. The Morgan fingerprint density at radius 3 is 1.48 bits per heavy atom. The molecule has 0 radical (unpaired) electrons. The highest BCUT2D eigenvalue weighted by Crippen LogP contribution is 2.14. The van der Waals surface area contributed by atoms with Gasteiger partial charge < -0.3 is 29.7 Å². The van der Waals surface area contributed by atoms with E-state index in [0.717, 1.165) is 12.4 Å². The zero-order valence-corrected chi connectivity index (χ0v) is 21.5. The third-order valence-electron chi connectivity index (χ3n) is 5.22. The summed E-state index contributed by atoms with van der Waals surface area (Å²) in [5, 5.41) is 25.6. The van der Waals surface area contributed by atoms with Gasteiger partial charge >= 0.3 is 29.6 Å². The SMILES string of the molecule is Cc1ncc([N+](=O)[O-])n1CCOC(=O)CCC(=O)NC(=O)NC(=O)CCC(=O)OCCn1c([N+](=O)[O-])cnc1C. The van der Waals surface area contributed by atoms with Crippen LogP contribution < -0.4 is 10.6 Å². The Kier molecular flexibility index (Phi) is 11.3. The molecular weight excluding hydrogens is 540 g/mol. The molecule has 216 valence electrons. The Morgan fingerprint density at radius 1 is 0.750 bits per heavy atom. The smallest absolute Gasteiger partial charge is 0.342 e. The molecule has 0 aliphatic heterocycles. The van der Waals surface area contributed by atoms with E-state index in [-0.39, 0.29) is 37.9 Å². The Hall–Kier alpha value is -5.23. The van der Waals surface area contributed by atoms with Crippen LogP contribution in [-0.4, -0.2) is 71.9 Å². The van der Waals surface area contributed by atoms with Gasteiger partial charge in [0.2, 0.25) is 11.8 Å². The van der Waals surface area contributed by atoms with Crippen molar-refractivity contribution in [3.63, 3.8) is 0 Å². The molecule has 19 heteroatoms. The molecular formula is C21H26N8O11. The van der Waals surface area contributed by atoms with Crippen molar-refractivity contribution in [1.82, 2.24) is 29.7 Å². The van der Waals surface area contributed by atoms with Gasteiger partial charge in [0.1, 0.15) is 38.7 Å². The topological polar surface area (TPSA) is 250 Å². The lowest BCUT2D eigenvalue weighted by molar-refractivity contribution is -0.392. The molecule has 2 aromatic heterocycles. The molecule has 0 aliphatic carbocycles. The number of aryl methyl sites for hydroxylation is 2. The number of imidazole rings is 2. The number of carbonyl (C=O) groups excluding carboxylic acids is 5. The molecule has 0 saturated heterocycles. The average Bonchev–Trinajstić information content (AvgIpc) is 3.43. The minimum Gasteiger partial charge on any atom is -0.461 e. The van der Waals surface area contributed by atoms with Crippen LogP contribution in [-0.2, 0) is 41.7 Å². The average molecular weight is 566 g/mol. The zero-order chi connectivity index (χ0) is 29.8. The van der Waals surface area contributed by atoms with Crippen LogP contribution in [0.2, 0.25) is 0 Å². The number of rotatable bonds is 14. The fourth-order valence-corrected chi connectivity index (χ4v) is 3.24. The normalized spacial score (nSPS) is 10.4. The van der Waals surface area contributed by atoms with Crippen LogP contribution in [0.3, 0.4) is 0 Å². The highest BCUT2D eigenvalue weighted by atomic mass is 16.6. The largest absolute Gasteiger partial charge is 0.461 e. The minimum absolute atomic E-state index is 0.0229. The summed E-state index contributed by atoms with van der Waals surface area (Å²) in [6, 6.07) is -1.16. The molecule has 0 atom stereocenters. The van der Waals surface area contributed by atoms with Crippen LogP contribution in [0.4, 0.5) is 16.4 Å². The lowest BCUT2D eigenvalue weighted by Crippen LogP contribution is -2.42. The summed E-state index contributed by atoms with van der Waals surface area (Å²) in [5.74, 6) is -3.16. The molecule has 2 N–H and O–H groups in total. The predicted molar refractivity (Wildman–Crippen MR) is 129 cm³/mol. The van der Waals surface area contributed by atoms with Gasteiger partial charge in [-0.05, 0) is 9.85 Å². The van der Waals surface area contributed by atoms with Crippen LogP contribution in [0.15, 0.2) is 12.4 Å². The van der Waals surface area contributed by atoms with Crippen LogP contribution in [0, 0.1) is 34.1 Å². The molecule has 2 aromatic rings. The molecule has 19 nitrogen and oxygen atoms in total. The highest BCUT2D eigenvalue weighted by molar-refractivity contribution is 6.02. The van der Waals surface area contributed by atoms with Crippen LogP contribution in [0.25, 0.3) is 0 Å². The fourth-order valence-electron chi connectivity index (χ4n) is 3.24. The van der Waals surface area contributed by atoms with Crippen molar-refractivity contribution < 1.29 is 43.3 Å². The van der Waals surface area contributed by atoms with Gasteiger partial charge in [0.05, 0.1) is 12.8 Å². The van der Waals surface area contributed by atoms with E-state index in [1.807, 2.05) is 10.6 Å². The summed E-state index contributed by atoms with van der Waals surface area (Å²) >= 11 is 0. The molecule has 2 rings (SSSR count). The maximum atomic E-state index is 11.8. The molecule has 0 saturated carbocycles. The fraction of sp³-hybridized carbons (Fsp3) is 0.476. The van der Waals surface area contributed by atoms with Crippen molar-refractivity contribution in [2.24, 2.45) is 0 Å². The van der Waals surface area contributed by atoms with Gasteiger partial charge in [-0.1, -0.05) is 0 Å². The molecule has 0 spiro atoms. The lowest BCUT2D eigenvalue weighted by atomic mass is 10.3. The van der Waals surface area contributed by atoms with Crippen LogP contribution in [0.1, 0.15) is 37.3 Å². The third kappa shape index (κ3) is 9.58. The van der Waals surface area contributed by atoms with Gasteiger partial charge in [0.15, 0.2) is 11.6 Å². The number of ether oxygens (including phenoxy) is 2. The van der Waals surface area contributed by atoms with Crippen molar-refractivity contribution in [3.05, 3.63) is 44.3 Å². The maximum absolute atomic E-state index is 11.8. The van der Waals surface area contributed by atoms with Crippen molar-refractivity contribution >= 4 is 41.4 Å². The second kappa shape index (κ2) is 14.6. The quantitative estimate of drug-likeness (QED) is 0.176. The lowest BCUT2D eigenvalue weighted by Gasteiger charge is -2.07. The Bertz CT molecular complexity index is 1200. The first-order valence-corrected chi connectivity index (χ1v) is 11.7. The molecule has 4 amide bonds. The standard InChI is InChI=1S/C21H26N8O11/c1-13-22-11-17(28(35)36)26(13)7-9-39-19(32)5-3-15(30)24-21(34)25-16(31)4-6-20(33)40-10-8-27-14(2)23-12-18(27)29(37)38/h11-12H,3-10H2,1-2H3,(H2,24,25,30,31,34). The van der Waals surface area contributed by atoms with E-state index < -0.39 is 65.3 Å². The van der Waals surface area contributed by atoms with Gasteiger partial charge in [-0.3, -0.25) is 29.8 Å². The van der Waals surface area contributed by atoms with E-state index in [2.05, 4.69) is 9.97 Å². The first-order valence-electron chi connectivity index (χ1n) is 11.7.